The quantitative estimate of drug-likeness (QED) is 0.831. The lowest BCUT2D eigenvalue weighted by atomic mass is 9.77. The van der Waals surface area contributed by atoms with Crippen molar-refractivity contribution >= 4 is 0 Å². The topological polar surface area (TPSA) is 15.3 Å². The van der Waals surface area contributed by atoms with Crippen molar-refractivity contribution in [2.75, 3.05) is 26.3 Å². The van der Waals surface area contributed by atoms with Gasteiger partial charge in [0, 0.05) is 30.7 Å². The predicted molar refractivity (Wildman–Crippen MR) is 74.7 cm³/mol. The Morgan fingerprint density at radius 2 is 1.94 bits per heavy atom. The summed E-state index contributed by atoms with van der Waals surface area (Å²) in [5, 5.41) is 3.85. The Kier molecular flexibility index (Phi) is 4.65. The first kappa shape index (κ1) is 14.3. The third kappa shape index (κ3) is 2.88. The fraction of sp³-hybridized carbons (Fsp3) is 1.00. The number of piperazine rings is 1. The highest BCUT2D eigenvalue weighted by atomic mass is 19.1. The van der Waals surface area contributed by atoms with E-state index in [2.05, 4.69) is 24.1 Å². The maximum Gasteiger partial charge on any atom is 0.0906 e. The molecular formula is C15H29FN2. The molecule has 3 heteroatoms. The third-order valence-electron chi connectivity index (χ3n) is 5.24. The molecule has 1 spiro atoms. The Labute approximate surface area is 111 Å². The lowest BCUT2D eigenvalue weighted by molar-refractivity contribution is -0.00294. The summed E-state index contributed by atoms with van der Waals surface area (Å²) >= 11 is 0. The molecule has 1 aliphatic carbocycles. The van der Waals surface area contributed by atoms with Crippen LogP contribution < -0.4 is 5.32 Å². The average molecular weight is 256 g/mol. The van der Waals surface area contributed by atoms with Crippen molar-refractivity contribution in [3.05, 3.63) is 0 Å². The van der Waals surface area contributed by atoms with Crippen molar-refractivity contribution < 1.29 is 4.39 Å². The van der Waals surface area contributed by atoms with Crippen LogP contribution in [0.2, 0.25) is 0 Å². The van der Waals surface area contributed by atoms with Gasteiger partial charge in [-0.3, -0.25) is 9.29 Å². The van der Waals surface area contributed by atoms with Crippen LogP contribution in [0.25, 0.3) is 0 Å². The van der Waals surface area contributed by atoms with Gasteiger partial charge in [-0.2, -0.15) is 0 Å². The van der Waals surface area contributed by atoms with Crippen molar-refractivity contribution in [1.29, 1.82) is 0 Å². The van der Waals surface area contributed by atoms with E-state index in [0.717, 1.165) is 26.1 Å². The largest absolute Gasteiger partial charge is 0.308 e. The molecule has 0 amide bonds. The summed E-state index contributed by atoms with van der Waals surface area (Å²) in [7, 11) is 0. The van der Waals surface area contributed by atoms with Crippen molar-refractivity contribution in [3.63, 3.8) is 0 Å². The molecule has 1 saturated heterocycles. The summed E-state index contributed by atoms with van der Waals surface area (Å²) in [6.07, 6.45) is 8.53. The predicted octanol–water partition coefficient (Wildman–Crippen LogP) is 3.12. The summed E-state index contributed by atoms with van der Waals surface area (Å²) in [5.41, 5.74) is 0.557. The number of rotatable bonds is 4. The smallest absolute Gasteiger partial charge is 0.0906 e. The maximum absolute atomic E-state index is 12.5. The molecule has 0 bridgehead atoms. The number of hydrogen-bond donors (Lipinski definition) is 1. The second-order valence-electron chi connectivity index (χ2n) is 6.51. The van der Waals surface area contributed by atoms with Crippen LogP contribution in [-0.4, -0.2) is 42.3 Å². The van der Waals surface area contributed by atoms with E-state index < -0.39 is 0 Å². The molecule has 1 atom stereocenters. The number of hydrogen-bond acceptors (Lipinski definition) is 2. The van der Waals surface area contributed by atoms with Crippen molar-refractivity contribution in [2.45, 2.75) is 69.9 Å². The number of halogens is 1. The molecular weight excluding hydrogens is 227 g/mol. The lowest BCUT2D eigenvalue weighted by Gasteiger charge is -2.54. The van der Waals surface area contributed by atoms with Crippen LogP contribution in [0.4, 0.5) is 4.39 Å². The first-order chi connectivity index (χ1) is 8.64. The Balaban J connectivity index is 2.04. The third-order valence-corrected chi connectivity index (χ3v) is 5.24. The molecule has 2 fully saturated rings. The van der Waals surface area contributed by atoms with E-state index in [9.17, 15) is 4.39 Å². The van der Waals surface area contributed by atoms with E-state index in [0.29, 0.717) is 12.0 Å². The van der Waals surface area contributed by atoms with E-state index in [1.165, 1.54) is 32.1 Å². The summed E-state index contributed by atoms with van der Waals surface area (Å²) in [6.45, 7) is 7.50. The lowest BCUT2D eigenvalue weighted by Crippen LogP contribution is -2.69. The van der Waals surface area contributed by atoms with Gasteiger partial charge in [0.15, 0.2) is 0 Å². The molecule has 1 aliphatic heterocycles. The summed E-state index contributed by atoms with van der Waals surface area (Å²) in [6, 6.07) is 0. The summed E-state index contributed by atoms with van der Waals surface area (Å²) in [5.74, 6) is 0. The second kappa shape index (κ2) is 5.87. The van der Waals surface area contributed by atoms with Gasteiger partial charge in [0.05, 0.1) is 6.67 Å². The van der Waals surface area contributed by atoms with Gasteiger partial charge in [-0.25, -0.2) is 0 Å². The van der Waals surface area contributed by atoms with Crippen molar-refractivity contribution in [1.82, 2.24) is 10.2 Å². The van der Waals surface area contributed by atoms with E-state index in [1.807, 2.05) is 0 Å². The Morgan fingerprint density at radius 3 is 2.56 bits per heavy atom. The fourth-order valence-electron chi connectivity index (χ4n) is 3.61. The Morgan fingerprint density at radius 1 is 1.22 bits per heavy atom. The zero-order valence-electron chi connectivity index (χ0n) is 12.1. The number of nitrogens with one attached hydrogen (secondary N) is 1. The minimum absolute atomic E-state index is 0.184. The van der Waals surface area contributed by atoms with Crippen LogP contribution in [0.3, 0.4) is 0 Å². The molecule has 1 unspecified atom stereocenters. The monoisotopic (exact) mass is 256 g/mol. The van der Waals surface area contributed by atoms with Gasteiger partial charge in [0.1, 0.15) is 0 Å². The van der Waals surface area contributed by atoms with Crippen molar-refractivity contribution in [2.24, 2.45) is 0 Å². The van der Waals surface area contributed by atoms with Gasteiger partial charge in [0.2, 0.25) is 0 Å². The van der Waals surface area contributed by atoms with Crippen LogP contribution in [0.5, 0.6) is 0 Å². The number of nitrogens with zero attached hydrogens (tertiary/aromatic N) is 1. The first-order valence-corrected chi connectivity index (χ1v) is 7.70. The van der Waals surface area contributed by atoms with Gasteiger partial charge in [-0.1, -0.05) is 26.2 Å². The van der Waals surface area contributed by atoms with Gasteiger partial charge in [-0.05, 0) is 32.6 Å². The molecule has 18 heavy (non-hydrogen) atoms. The van der Waals surface area contributed by atoms with Gasteiger partial charge in [0.25, 0.3) is 0 Å². The van der Waals surface area contributed by atoms with Gasteiger partial charge < -0.3 is 5.32 Å². The normalized spacial score (nSPS) is 32.8. The van der Waals surface area contributed by atoms with E-state index in [1.54, 1.807) is 0 Å². The minimum Gasteiger partial charge on any atom is -0.308 e. The highest BCUT2D eigenvalue weighted by Gasteiger charge is 2.44. The molecule has 0 aromatic carbocycles. The van der Waals surface area contributed by atoms with E-state index in [4.69, 9.17) is 0 Å². The zero-order chi connectivity index (χ0) is 13.1. The Hall–Kier alpha value is -0.150. The molecule has 2 nitrogen and oxygen atoms in total. The second-order valence-corrected chi connectivity index (χ2v) is 6.51. The molecule has 2 aliphatic rings. The maximum atomic E-state index is 12.5. The van der Waals surface area contributed by atoms with Gasteiger partial charge in [-0.15, -0.1) is 0 Å². The molecule has 106 valence electrons. The Bertz CT molecular complexity index is 263. The minimum atomic E-state index is -0.184. The molecule has 1 N–H and O–H groups in total. The molecule has 2 rings (SSSR count). The van der Waals surface area contributed by atoms with E-state index in [-0.39, 0.29) is 12.2 Å². The highest BCUT2D eigenvalue weighted by molar-refractivity contribution is 5.04. The zero-order valence-corrected chi connectivity index (χ0v) is 12.1. The molecule has 1 heterocycles. The van der Waals surface area contributed by atoms with Gasteiger partial charge >= 0.3 is 0 Å². The molecule has 1 saturated carbocycles. The SMILES string of the molecule is CCC1(C)CNC2(CCCCC2)CN1CCCF. The highest BCUT2D eigenvalue weighted by Crippen LogP contribution is 2.35. The summed E-state index contributed by atoms with van der Waals surface area (Å²) < 4.78 is 12.5. The van der Waals surface area contributed by atoms with Crippen LogP contribution in [0.1, 0.15) is 58.8 Å². The van der Waals surface area contributed by atoms with E-state index >= 15 is 0 Å². The van der Waals surface area contributed by atoms with Crippen LogP contribution in [-0.2, 0) is 0 Å². The van der Waals surface area contributed by atoms with Crippen LogP contribution in [0.15, 0.2) is 0 Å². The molecule has 0 radical (unpaired) electrons. The van der Waals surface area contributed by atoms with Crippen molar-refractivity contribution in [3.8, 4) is 0 Å². The number of alkyl halides is 1. The first-order valence-electron chi connectivity index (χ1n) is 7.70. The fourth-order valence-corrected chi connectivity index (χ4v) is 3.61. The molecule has 0 aromatic rings. The summed E-state index contributed by atoms with van der Waals surface area (Å²) in [4.78, 5) is 2.56. The van der Waals surface area contributed by atoms with Crippen LogP contribution >= 0.6 is 0 Å². The standard InChI is InChI=1S/C15H29FN2/c1-3-14(2)12-17-15(8-5-4-6-9-15)13-18(14)11-7-10-16/h17H,3-13H2,1-2H3. The average Bonchev–Trinajstić information content (AvgIpc) is 2.41. The molecule has 0 aromatic heterocycles. The van der Waals surface area contributed by atoms with Crippen LogP contribution in [0, 0.1) is 0 Å².